The first-order valence-corrected chi connectivity index (χ1v) is 12.7. The summed E-state index contributed by atoms with van der Waals surface area (Å²) in [6.07, 6.45) is 8.02. The lowest BCUT2D eigenvalue weighted by Crippen LogP contribution is -2.30. The molecular weight excluding hydrogens is 489 g/mol. The van der Waals surface area contributed by atoms with Crippen LogP contribution in [0.1, 0.15) is 42.1 Å². The van der Waals surface area contributed by atoms with Gasteiger partial charge in [0.1, 0.15) is 0 Å². The minimum Gasteiger partial charge on any atom is -0.300 e. The topological polar surface area (TPSA) is 38.1 Å². The maximum atomic E-state index is 13.5. The van der Waals surface area contributed by atoms with E-state index in [0.717, 1.165) is 65.9 Å². The monoisotopic (exact) mass is 519 g/mol. The molecule has 0 saturated carbocycles. The number of aromatic nitrogens is 2. The van der Waals surface area contributed by atoms with Gasteiger partial charge < -0.3 is 0 Å². The molecule has 1 saturated heterocycles. The molecule has 3 aromatic carbocycles. The van der Waals surface area contributed by atoms with Crippen molar-refractivity contribution in [2.45, 2.75) is 31.7 Å². The minimum absolute atomic E-state index is 0. The van der Waals surface area contributed by atoms with Gasteiger partial charge in [0.25, 0.3) is 5.56 Å². The summed E-state index contributed by atoms with van der Waals surface area (Å²) in [5.74, 6) is 0. The minimum atomic E-state index is 0. The Bertz CT molecular complexity index is 1370. The Hall–Kier alpha value is -2.92. The Morgan fingerprint density at radius 2 is 1.61 bits per heavy atom. The Morgan fingerprint density at radius 3 is 2.39 bits per heavy atom. The Morgan fingerprint density at radius 1 is 0.889 bits per heavy atom. The van der Waals surface area contributed by atoms with E-state index in [1.165, 1.54) is 5.56 Å². The molecule has 6 heteroatoms. The molecule has 0 spiro atoms. The van der Waals surface area contributed by atoms with E-state index in [1.54, 1.807) is 4.68 Å². The molecule has 1 atom stereocenters. The average molecular weight is 521 g/mol. The number of benzene rings is 3. The maximum absolute atomic E-state index is 13.5. The molecule has 0 aliphatic carbocycles. The van der Waals surface area contributed by atoms with Gasteiger partial charge in [0.2, 0.25) is 0 Å². The van der Waals surface area contributed by atoms with Crippen molar-refractivity contribution >= 4 is 40.9 Å². The van der Waals surface area contributed by atoms with Crippen LogP contribution in [0.15, 0.2) is 89.7 Å². The van der Waals surface area contributed by atoms with Gasteiger partial charge in [0.05, 0.1) is 17.1 Å². The van der Waals surface area contributed by atoms with E-state index < -0.39 is 0 Å². The van der Waals surface area contributed by atoms with Crippen LogP contribution in [-0.2, 0) is 6.42 Å². The second-order valence-corrected chi connectivity index (χ2v) is 9.68. The van der Waals surface area contributed by atoms with Gasteiger partial charge >= 0.3 is 0 Å². The number of halogens is 2. The van der Waals surface area contributed by atoms with Gasteiger partial charge in [-0.2, -0.15) is 5.10 Å². The van der Waals surface area contributed by atoms with Gasteiger partial charge in [-0.1, -0.05) is 84.4 Å². The van der Waals surface area contributed by atoms with E-state index in [9.17, 15) is 4.79 Å². The van der Waals surface area contributed by atoms with E-state index in [2.05, 4.69) is 41.3 Å². The zero-order chi connectivity index (χ0) is 24.0. The Kier molecular flexibility index (Phi) is 8.98. The summed E-state index contributed by atoms with van der Waals surface area (Å²) in [5.41, 5.74) is 3.31. The molecular formula is C30H31Cl2N3O. The van der Waals surface area contributed by atoms with Crippen LogP contribution in [0.25, 0.3) is 16.8 Å². The molecule has 1 aromatic heterocycles. The highest BCUT2D eigenvalue weighted by Gasteiger charge is 2.22. The maximum Gasteiger partial charge on any atom is 0.274 e. The molecule has 36 heavy (non-hydrogen) atoms. The largest absolute Gasteiger partial charge is 0.300 e. The van der Waals surface area contributed by atoms with Crippen molar-refractivity contribution in [3.05, 3.63) is 117 Å². The fraction of sp³-hybridized carbons (Fsp3) is 0.267. The van der Waals surface area contributed by atoms with Crippen molar-refractivity contribution in [3.63, 3.8) is 0 Å². The van der Waals surface area contributed by atoms with Crippen molar-refractivity contribution < 1.29 is 0 Å². The third-order valence-electron chi connectivity index (χ3n) is 6.80. The highest BCUT2D eigenvalue weighted by molar-refractivity contribution is 6.30. The quantitative estimate of drug-likeness (QED) is 0.281. The average Bonchev–Trinajstić information content (AvgIpc) is 3.13. The third-order valence-corrected chi connectivity index (χ3v) is 7.05. The van der Waals surface area contributed by atoms with Crippen LogP contribution < -0.4 is 5.56 Å². The zero-order valence-corrected chi connectivity index (χ0v) is 21.8. The van der Waals surface area contributed by atoms with Crippen LogP contribution >= 0.6 is 24.0 Å². The van der Waals surface area contributed by atoms with Gasteiger partial charge in [0.15, 0.2) is 0 Å². The fourth-order valence-electron chi connectivity index (χ4n) is 4.92. The van der Waals surface area contributed by atoms with Crippen molar-refractivity contribution in [2.75, 3.05) is 19.6 Å². The van der Waals surface area contributed by atoms with E-state index >= 15 is 0 Å². The molecule has 0 bridgehead atoms. The molecule has 5 rings (SSSR count). The molecule has 1 fully saturated rings. The lowest BCUT2D eigenvalue weighted by atomic mass is 10.0. The van der Waals surface area contributed by atoms with Crippen LogP contribution in [0.4, 0.5) is 0 Å². The van der Waals surface area contributed by atoms with Gasteiger partial charge in [-0.25, -0.2) is 4.68 Å². The molecule has 0 N–H and O–H groups in total. The first-order chi connectivity index (χ1) is 17.2. The normalized spacial score (nSPS) is 16.6. The van der Waals surface area contributed by atoms with Crippen molar-refractivity contribution in [2.24, 2.45) is 0 Å². The fourth-order valence-corrected chi connectivity index (χ4v) is 5.04. The van der Waals surface area contributed by atoms with Crippen molar-refractivity contribution in [3.8, 4) is 0 Å². The van der Waals surface area contributed by atoms with Gasteiger partial charge in [-0.05, 0) is 55.1 Å². The number of likely N-dealkylation sites (tertiary alicyclic amines) is 1. The van der Waals surface area contributed by atoms with Crippen LogP contribution in [0, 0.1) is 0 Å². The van der Waals surface area contributed by atoms with Gasteiger partial charge in [-0.15, -0.1) is 12.4 Å². The summed E-state index contributed by atoms with van der Waals surface area (Å²) in [6.45, 7) is 2.91. The van der Waals surface area contributed by atoms with Gasteiger partial charge in [-0.3, -0.25) is 9.69 Å². The summed E-state index contributed by atoms with van der Waals surface area (Å²) in [7, 11) is 0. The highest BCUT2D eigenvalue weighted by atomic mass is 35.5. The first-order valence-electron chi connectivity index (χ1n) is 12.4. The zero-order valence-electron chi connectivity index (χ0n) is 20.2. The van der Waals surface area contributed by atoms with Crippen LogP contribution in [0.3, 0.4) is 0 Å². The second-order valence-electron chi connectivity index (χ2n) is 9.24. The van der Waals surface area contributed by atoms with Crippen LogP contribution in [0.2, 0.25) is 5.02 Å². The smallest absolute Gasteiger partial charge is 0.274 e. The second kappa shape index (κ2) is 12.4. The molecule has 1 unspecified atom stereocenters. The number of hydrogen-bond donors (Lipinski definition) is 0. The number of rotatable bonds is 6. The lowest BCUT2D eigenvalue weighted by Gasteiger charge is -2.20. The SMILES string of the molecule is Cl.O=c1c2ccccc2c(Cc2ccc(Cl)cc2)nn1C1CCCN(C/C=C/c2ccccc2)CC1. The highest BCUT2D eigenvalue weighted by Crippen LogP contribution is 2.24. The molecule has 1 aliphatic rings. The summed E-state index contributed by atoms with van der Waals surface area (Å²) >= 11 is 6.08. The van der Waals surface area contributed by atoms with Gasteiger partial charge in [0, 0.05) is 29.9 Å². The molecule has 4 aromatic rings. The van der Waals surface area contributed by atoms with Crippen molar-refractivity contribution in [1.29, 1.82) is 0 Å². The summed E-state index contributed by atoms with van der Waals surface area (Å²) in [5, 5.41) is 7.35. The Balaban J connectivity index is 0.00000304. The van der Waals surface area contributed by atoms with Crippen LogP contribution in [-0.4, -0.2) is 34.3 Å². The van der Waals surface area contributed by atoms with E-state index in [1.807, 2.05) is 54.6 Å². The third kappa shape index (κ3) is 6.25. The predicted octanol–water partition coefficient (Wildman–Crippen LogP) is 6.80. The standard InChI is InChI=1S/C30H30ClN3O.ClH/c31-25-16-14-24(15-17-25)22-29-27-12-4-5-13-28(27)30(35)34(32-29)26-11-7-20-33(21-18-26)19-6-10-23-8-2-1-3-9-23;/h1-6,8-10,12-17,26H,7,11,18-22H2;1H/b10-6+;. The first kappa shape index (κ1) is 26.2. The number of fused-ring (bicyclic) bond motifs is 1. The summed E-state index contributed by atoms with van der Waals surface area (Å²) < 4.78 is 1.77. The summed E-state index contributed by atoms with van der Waals surface area (Å²) in [4.78, 5) is 15.9. The lowest BCUT2D eigenvalue weighted by molar-refractivity contribution is 0.306. The number of nitrogens with zero attached hydrogens (tertiary/aromatic N) is 3. The van der Waals surface area contributed by atoms with Crippen molar-refractivity contribution in [1.82, 2.24) is 14.7 Å². The molecule has 0 radical (unpaired) electrons. The number of hydrogen-bond acceptors (Lipinski definition) is 3. The van der Waals surface area contributed by atoms with E-state index in [0.29, 0.717) is 6.42 Å². The molecule has 1 aliphatic heterocycles. The summed E-state index contributed by atoms with van der Waals surface area (Å²) in [6, 6.07) is 26.2. The molecule has 4 nitrogen and oxygen atoms in total. The van der Waals surface area contributed by atoms with E-state index in [4.69, 9.17) is 16.7 Å². The van der Waals surface area contributed by atoms with E-state index in [-0.39, 0.29) is 24.0 Å². The Labute approximate surface area is 223 Å². The molecule has 0 amide bonds. The predicted molar refractivity (Wildman–Crippen MR) is 152 cm³/mol. The molecule has 186 valence electrons. The van der Waals surface area contributed by atoms with Crippen LogP contribution in [0.5, 0.6) is 0 Å². The molecule has 2 heterocycles.